The first-order chi connectivity index (χ1) is 9.18. The minimum atomic E-state index is -0.497. The van der Waals surface area contributed by atoms with Gasteiger partial charge in [0.1, 0.15) is 12.1 Å². The van der Waals surface area contributed by atoms with Gasteiger partial charge in [0.2, 0.25) is 0 Å². The van der Waals surface area contributed by atoms with Gasteiger partial charge in [-0.3, -0.25) is 9.77 Å². The monoisotopic (exact) mass is 257 g/mol. The number of carbonyl (C=O) groups excluding carboxylic acids is 1. The topological polar surface area (TPSA) is 86.4 Å². The second kappa shape index (κ2) is 4.23. The van der Waals surface area contributed by atoms with Gasteiger partial charge >= 0.3 is 6.03 Å². The first kappa shape index (κ1) is 11.5. The third-order valence-corrected chi connectivity index (χ3v) is 2.80. The average Bonchev–Trinajstić information content (AvgIpc) is 3.05. The average molecular weight is 257 g/mol. The maximum Gasteiger partial charge on any atom is 0.339 e. The van der Waals surface area contributed by atoms with Crippen molar-refractivity contribution < 1.29 is 10.0 Å². The molecule has 0 fully saturated rings. The third kappa shape index (κ3) is 1.77. The molecular formula is C12H9N4O3-. The Balaban J connectivity index is 2.26. The number of anilines is 1. The van der Waals surface area contributed by atoms with E-state index in [1.54, 1.807) is 24.3 Å². The number of imidazole rings is 1. The summed E-state index contributed by atoms with van der Waals surface area (Å²) in [5, 5.41) is 20.7. The number of hydrogen-bond donors (Lipinski definition) is 1. The van der Waals surface area contributed by atoms with Crippen LogP contribution in [-0.2, 0) is 0 Å². The molecule has 0 saturated carbocycles. The van der Waals surface area contributed by atoms with Gasteiger partial charge in [-0.25, -0.2) is 14.3 Å². The van der Waals surface area contributed by atoms with Crippen molar-refractivity contribution >= 4 is 22.8 Å². The Labute approximate surface area is 107 Å². The van der Waals surface area contributed by atoms with Crippen LogP contribution in [0.1, 0.15) is 0 Å². The molecule has 1 N–H and O–H groups in total. The summed E-state index contributed by atoms with van der Waals surface area (Å²) in [6, 6.07) is 7.92. The maximum absolute atomic E-state index is 12.3. The molecule has 7 nitrogen and oxygen atoms in total. The fourth-order valence-corrected chi connectivity index (χ4v) is 1.97. The van der Waals surface area contributed by atoms with Crippen LogP contribution in [0.2, 0.25) is 0 Å². The molecule has 2 heterocycles. The Morgan fingerprint density at radius 3 is 2.84 bits per heavy atom. The van der Waals surface area contributed by atoms with E-state index in [0.717, 1.165) is 4.57 Å². The zero-order chi connectivity index (χ0) is 13.4. The van der Waals surface area contributed by atoms with Gasteiger partial charge in [-0.2, -0.15) is 0 Å². The molecule has 3 aromatic rings. The number of benzene rings is 1. The number of aromatic nitrogens is 3. The Morgan fingerprint density at radius 1 is 1.37 bits per heavy atom. The highest BCUT2D eigenvalue weighted by molar-refractivity contribution is 5.97. The first-order valence-electron chi connectivity index (χ1n) is 5.48. The van der Waals surface area contributed by atoms with Crippen molar-refractivity contribution in [3.05, 3.63) is 54.3 Å². The number of rotatable bonds is 1. The van der Waals surface area contributed by atoms with Gasteiger partial charge in [0.25, 0.3) is 0 Å². The molecule has 0 atom stereocenters. The van der Waals surface area contributed by atoms with E-state index in [1.165, 1.54) is 29.4 Å². The SMILES string of the molecule is O=C(n1ccnc1)n1c(N([O-])O)cc2ccccc21. The number of para-hydroxylation sites is 1. The van der Waals surface area contributed by atoms with Gasteiger partial charge in [-0.05, 0) is 12.1 Å². The highest BCUT2D eigenvalue weighted by atomic mass is 16.8. The molecular weight excluding hydrogens is 248 g/mol. The highest BCUT2D eigenvalue weighted by Gasteiger charge is 2.16. The molecule has 0 amide bonds. The van der Waals surface area contributed by atoms with Crippen LogP contribution in [0, 0.1) is 5.21 Å². The van der Waals surface area contributed by atoms with Crippen molar-refractivity contribution in [3.63, 3.8) is 0 Å². The number of carbonyl (C=O) groups is 1. The van der Waals surface area contributed by atoms with Gasteiger partial charge in [0.15, 0.2) is 0 Å². The number of hydrogen-bond acceptors (Lipinski definition) is 5. The Hall–Kier alpha value is -2.64. The summed E-state index contributed by atoms with van der Waals surface area (Å²) in [5.74, 6) is -0.153. The van der Waals surface area contributed by atoms with Crippen LogP contribution in [0.4, 0.5) is 10.6 Å². The molecule has 7 heteroatoms. The molecule has 2 aromatic heterocycles. The summed E-state index contributed by atoms with van der Waals surface area (Å²) in [5.41, 5.74) is 0.533. The Kier molecular flexibility index (Phi) is 2.55. The van der Waals surface area contributed by atoms with Crippen LogP contribution in [0.5, 0.6) is 0 Å². The zero-order valence-electron chi connectivity index (χ0n) is 9.67. The molecule has 0 saturated heterocycles. The van der Waals surface area contributed by atoms with Crippen molar-refractivity contribution in [2.45, 2.75) is 0 Å². The van der Waals surface area contributed by atoms with Crippen LogP contribution < -0.4 is 5.23 Å². The molecule has 1 aromatic carbocycles. The van der Waals surface area contributed by atoms with Crippen LogP contribution in [0.3, 0.4) is 0 Å². The standard InChI is InChI=1S/C12H9N4O3/c17-12(14-6-5-13-8-14)15-10-4-2-1-3-9(10)7-11(15)16(18)19/h1-8,18H/q-1. The summed E-state index contributed by atoms with van der Waals surface area (Å²) in [4.78, 5) is 16.1. The lowest BCUT2D eigenvalue weighted by atomic mass is 10.2. The van der Waals surface area contributed by atoms with Crippen molar-refractivity contribution in [2.75, 3.05) is 5.23 Å². The number of fused-ring (bicyclic) bond motifs is 1. The summed E-state index contributed by atoms with van der Waals surface area (Å²) >= 11 is 0. The van der Waals surface area contributed by atoms with E-state index in [2.05, 4.69) is 4.98 Å². The first-order valence-corrected chi connectivity index (χ1v) is 5.48. The van der Waals surface area contributed by atoms with Crippen LogP contribution in [0.15, 0.2) is 49.1 Å². The fourth-order valence-electron chi connectivity index (χ4n) is 1.97. The van der Waals surface area contributed by atoms with Crippen LogP contribution in [0.25, 0.3) is 10.9 Å². The third-order valence-electron chi connectivity index (χ3n) is 2.80. The van der Waals surface area contributed by atoms with E-state index in [0.29, 0.717) is 10.9 Å². The predicted molar refractivity (Wildman–Crippen MR) is 68.0 cm³/mol. The lowest BCUT2D eigenvalue weighted by Crippen LogP contribution is -2.22. The van der Waals surface area contributed by atoms with Crippen molar-refractivity contribution in [3.8, 4) is 0 Å². The van der Waals surface area contributed by atoms with E-state index < -0.39 is 6.03 Å². The second-order valence-corrected chi connectivity index (χ2v) is 3.92. The molecule has 0 bridgehead atoms. The number of nitrogens with zero attached hydrogens (tertiary/aromatic N) is 4. The fraction of sp³-hybridized carbons (Fsp3) is 0. The van der Waals surface area contributed by atoms with E-state index in [4.69, 9.17) is 5.21 Å². The summed E-state index contributed by atoms with van der Waals surface area (Å²) in [6.45, 7) is 0. The van der Waals surface area contributed by atoms with Gasteiger partial charge < -0.3 is 10.4 Å². The summed E-state index contributed by atoms with van der Waals surface area (Å²) < 4.78 is 2.35. The smallest absolute Gasteiger partial charge is 0.339 e. The molecule has 0 unspecified atom stereocenters. The molecule has 96 valence electrons. The Morgan fingerprint density at radius 2 is 2.16 bits per heavy atom. The largest absolute Gasteiger partial charge is 0.732 e. The highest BCUT2D eigenvalue weighted by Crippen LogP contribution is 2.25. The van der Waals surface area contributed by atoms with Gasteiger partial charge in [-0.15, -0.1) is 0 Å². The molecule has 0 aliphatic carbocycles. The lowest BCUT2D eigenvalue weighted by Gasteiger charge is -2.22. The lowest BCUT2D eigenvalue weighted by molar-refractivity contribution is 0.242. The normalized spacial score (nSPS) is 10.8. The van der Waals surface area contributed by atoms with Crippen molar-refractivity contribution in [1.82, 2.24) is 14.1 Å². The van der Waals surface area contributed by atoms with E-state index in [1.807, 2.05) is 0 Å². The molecule has 0 aliphatic rings. The van der Waals surface area contributed by atoms with E-state index in [-0.39, 0.29) is 11.0 Å². The minimum Gasteiger partial charge on any atom is -0.732 e. The Bertz CT molecular complexity index is 731. The van der Waals surface area contributed by atoms with E-state index >= 15 is 0 Å². The zero-order valence-corrected chi connectivity index (χ0v) is 9.67. The second-order valence-electron chi connectivity index (χ2n) is 3.92. The molecule has 19 heavy (non-hydrogen) atoms. The van der Waals surface area contributed by atoms with Crippen LogP contribution >= 0.6 is 0 Å². The van der Waals surface area contributed by atoms with Gasteiger partial charge in [0, 0.05) is 17.8 Å². The summed E-state index contributed by atoms with van der Waals surface area (Å²) in [6.07, 6.45) is 4.25. The quantitative estimate of drug-likeness (QED) is 0.674. The van der Waals surface area contributed by atoms with Crippen molar-refractivity contribution in [1.29, 1.82) is 0 Å². The van der Waals surface area contributed by atoms with Crippen molar-refractivity contribution in [2.24, 2.45) is 0 Å². The molecule has 0 spiro atoms. The van der Waals surface area contributed by atoms with Crippen LogP contribution in [-0.4, -0.2) is 25.4 Å². The maximum atomic E-state index is 12.3. The van der Waals surface area contributed by atoms with Gasteiger partial charge in [0.05, 0.1) is 5.52 Å². The molecule has 0 radical (unpaired) electrons. The molecule has 0 aliphatic heterocycles. The minimum absolute atomic E-state index is 0.153. The van der Waals surface area contributed by atoms with E-state index in [9.17, 15) is 10.0 Å². The summed E-state index contributed by atoms with van der Waals surface area (Å²) in [7, 11) is 0. The van der Waals surface area contributed by atoms with Gasteiger partial charge in [-0.1, -0.05) is 18.2 Å². The molecule has 3 rings (SSSR count). The predicted octanol–water partition coefficient (Wildman–Crippen LogP) is 2.05.